The fraction of sp³-hybridized carbons (Fsp3) is 0.667. The van der Waals surface area contributed by atoms with E-state index in [0.717, 1.165) is 12.1 Å². The smallest absolute Gasteiger partial charge is 0.250 e. The second-order valence-electron chi connectivity index (χ2n) is 7.88. The number of pyridine rings is 1. The van der Waals surface area contributed by atoms with E-state index in [2.05, 4.69) is 0 Å². The maximum Gasteiger partial charge on any atom is 0.250 e. The van der Waals surface area contributed by atoms with E-state index < -0.39 is 10.0 Å². The molecular weight excluding hydrogens is 354 g/mol. The topological polar surface area (TPSA) is 79.7 Å². The zero-order valence-electron chi connectivity index (χ0n) is 15.0. The zero-order valence-corrected chi connectivity index (χ0v) is 15.8. The highest BCUT2D eigenvalue weighted by Crippen LogP contribution is 2.36. The summed E-state index contributed by atoms with van der Waals surface area (Å²) in [4.78, 5) is 27.1. The van der Waals surface area contributed by atoms with Gasteiger partial charge < -0.3 is 9.47 Å². The van der Waals surface area contributed by atoms with Gasteiger partial charge in [0.25, 0.3) is 5.56 Å². The van der Waals surface area contributed by atoms with Crippen molar-refractivity contribution in [1.29, 1.82) is 0 Å². The van der Waals surface area contributed by atoms with E-state index in [9.17, 15) is 18.0 Å². The summed E-state index contributed by atoms with van der Waals surface area (Å²) in [6.07, 6.45) is 3.43. The van der Waals surface area contributed by atoms with Gasteiger partial charge in [0.2, 0.25) is 15.9 Å². The molecule has 142 valence electrons. The summed E-state index contributed by atoms with van der Waals surface area (Å²) in [5.41, 5.74) is 1.09. The van der Waals surface area contributed by atoms with E-state index >= 15 is 0 Å². The van der Waals surface area contributed by atoms with Crippen LogP contribution in [0.25, 0.3) is 0 Å². The van der Waals surface area contributed by atoms with Crippen LogP contribution in [-0.2, 0) is 21.4 Å². The van der Waals surface area contributed by atoms with Gasteiger partial charge in [0, 0.05) is 56.3 Å². The van der Waals surface area contributed by atoms with Crippen LogP contribution >= 0.6 is 0 Å². The molecule has 3 aliphatic heterocycles. The summed E-state index contributed by atoms with van der Waals surface area (Å²) < 4.78 is 26.6. The van der Waals surface area contributed by atoms with E-state index in [4.69, 9.17) is 0 Å². The summed E-state index contributed by atoms with van der Waals surface area (Å²) in [6, 6.07) is 5.40. The lowest BCUT2D eigenvalue weighted by molar-refractivity contribution is -0.139. The van der Waals surface area contributed by atoms with Crippen molar-refractivity contribution in [2.45, 2.75) is 31.7 Å². The van der Waals surface area contributed by atoms with E-state index in [1.807, 2.05) is 15.5 Å². The summed E-state index contributed by atoms with van der Waals surface area (Å²) in [5.74, 6) is 0.599. The molecule has 1 aromatic rings. The molecule has 2 atom stereocenters. The molecule has 8 heteroatoms. The van der Waals surface area contributed by atoms with E-state index in [1.54, 1.807) is 12.1 Å². The average molecular weight is 379 g/mol. The molecule has 2 saturated heterocycles. The zero-order chi connectivity index (χ0) is 18.5. The standard InChI is InChI=1S/C18H25N3O4S/c1-26(24,25)20-7-5-14(6-8-20)18(23)19-10-13-9-15(12-19)16-3-2-4-17(22)21(16)11-13/h2-4,13-15H,5-12H2,1H3/t13-,15-/m0/s1. The van der Waals surface area contributed by atoms with E-state index in [0.29, 0.717) is 51.5 Å². The highest BCUT2D eigenvalue weighted by atomic mass is 32.2. The lowest BCUT2D eigenvalue weighted by Gasteiger charge is -2.44. The molecule has 26 heavy (non-hydrogen) atoms. The van der Waals surface area contributed by atoms with Gasteiger partial charge in [-0.05, 0) is 31.2 Å². The van der Waals surface area contributed by atoms with Crippen LogP contribution in [0, 0.1) is 11.8 Å². The molecule has 0 spiro atoms. The van der Waals surface area contributed by atoms with Crippen molar-refractivity contribution in [2.24, 2.45) is 11.8 Å². The maximum absolute atomic E-state index is 13.0. The van der Waals surface area contributed by atoms with Gasteiger partial charge in [-0.25, -0.2) is 12.7 Å². The summed E-state index contributed by atoms with van der Waals surface area (Å²) in [7, 11) is -3.17. The molecule has 7 nitrogen and oxygen atoms in total. The summed E-state index contributed by atoms with van der Waals surface area (Å²) >= 11 is 0. The van der Waals surface area contributed by atoms with Crippen LogP contribution in [0.5, 0.6) is 0 Å². The second-order valence-corrected chi connectivity index (χ2v) is 9.86. The minimum atomic E-state index is -3.17. The normalized spacial score (nSPS) is 27.2. The number of rotatable bonds is 2. The predicted octanol–water partition coefficient (Wildman–Crippen LogP) is 0.466. The fourth-order valence-electron chi connectivity index (χ4n) is 4.77. The molecule has 4 rings (SSSR count). The van der Waals surface area contributed by atoms with Crippen LogP contribution in [-0.4, -0.2) is 60.5 Å². The van der Waals surface area contributed by atoms with Gasteiger partial charge in [-0.3, -0.25) is 9.59 Å². The van der Waals surface area contributed by atoms with Crippen molar-refractivity contribution in [2.75, 3.05) is 32.4 Å². The number of hydrogen-bond acceptors (Lipinski definition) is 4. The molecule has 0 radical (unpaired) electrons. The number of hydrogen-bond donors (Lipinski definition) is 0. The van der Waals surface area contributed by atoms with Gasteiger partial charge in [-0.2, -0.15) is 0 Å². The third-order valence-corrected chi connectivity index (χ3v) is 7.37. The monoisotopic (exact) mass is 379 g/mol. The number of carbonyl (C=O) groups is 1. The summed E-state index contributed by atoms with van der Waals surface area (Å²) in [6.45, 7) is 2.89. The Kier molecular flexibility index (Phi) is 4.43. The molecule has 0 aromatic carbocycles. The molecular formula is C18H25N3O4S. The van der Waals surface area contributed by atoms with Crippen molar-refractivity contribution in [3.63, 3.8) is 0 Å². The number of aromatic nitrogens is 1. The van der Waals surface area contributed by atoms with Crippen LogP contribution in [0.3, 0.4) is 0 Å². The van der Waals surface area contributed by atoms with E-state index in [-0.39, 0.29) is 23.3 Å². The maximum atomic E-state index is 13.0. The number of carbonyl (C=O) groups excluding carboxylic acids is 1. The molecule has 2 bridgehead atoms. The quantitative estimate of drug-likeness (QED) is 0.748. The molecule has 0 aliphatic carbocycles. The second kappa shape index (κ2) is 6.49. The van der Waals surface area contributed by atoms with Crippen LogP contribution < -0.4 is 5.56 Å². The number of nitrogens with zero attached hydrogens (tertiary/aromatic N) is 3. The van der Waals surface area contributed by atoms with Gasteiger partial charge in [0.15, 0.2) is 0 Å². The number of piperidine rings is 2. The summed E-state index contributed by atoms with van der Waals surface area (Å²) in [5, 5.41) is 0. The average Bonchev–Trinajstić information content (AvgIpc) is 2.61. The van der Waals surface area contributed by atoms with Gasteiger partial charge in [0.05, 0.1) is 6.26 Å². The first-order valence-corrected chi connectivity index (χ1v) is 11.1. The van der Waals surface area contributed by atoms with Gasteiger partial charge >= 0.3 is 0 Å². The Bertz CT molecular complexity index is 871. The van der Waals surface area contributed by atoms with Crippen LogP contribution in [0.4, 0.5) is 0 Å². The lowest BCUT2D eigenvalue weighted by atomic mass is 9.82. The fourth-order valence-corrected chi connectivity index (χ4v) is 5.64. The minimum absolute atomic E-state index is 0.0464. The first-order chi connectivity index (χ1) is 12.3. The molecule has 1 amide bonds. The van der Waals surface area contributed by atoms with Crippen molar-refractivity contribution in [1.82, 2.24) is 13.8 Å². The Morgan fingerprint density at radius 2 is 1.85 bits per heavy atom. The Morgan fingerprint density at radius 1 is 1.12 bits per heavy atom. The molecule has 3 aliphatic rings. The van der Waals surface area contributed by atoms with Gasteiger partial charge in [0.1, 0.15) is 0 Å². The molecule has 2 fully saturated rings. The number of fused-ring (bicyclic) bond motifs is 4. The van der Waals surface area contributed by atoms with Crippen molar-refractivity contribution >= 4 is 15.9 Å². The van der Waals surface area contributed by atoms with Crippen molar-refractivity contribution in [3.8, 4) is 0 Å². The third-order valence-electron chi connectivity index (χ3n) is 6.06. The van der Waals surface area contributed by atoms with Crippen molar-refractivity contribution in [3.05, 3.63) is 34.2 Å². The molecule has 0 N–H and O–H groups in total. The number of amides is 1. The Balaban J connectivity index is 1.46. The Labute approximate surface area is 153 Å². The minimum Gasteiger partial charge on any atom is -0.341 e. The van der Waals surface area contributed by atoms with Crippen LogP contribution in [0.15, 0.2) is 23.0 Å². The largest absolute Gasteiger partial charge is 0.341 e. The lowest BCUT2D eigenvalue weighted by Crippen LogP contribution is -2.52. The third kappa shape index (κ3) is 3.20. The highest BCUT2D eigenvalue weighted by molar-refractivity contribution is 7.88. The van der Waals surface area contributed by atoms with Gasteiger partial charge in [-0.1, -0.05) is 6.07 Å². The molecule has 1 aromatic heterocycles. The first-order valence-electron chi connectivity index (χ1n) is 9.26. The predicted molar refractivity (Wildman–Crippen MR) is 97.3 cm³/mol. The Hall–Kier alpha value is -1.67. The highest BCUT2D eigenvalue weighted by Gasteiger charge is 2.39. The van der Waals surface area contributed by atoms with Crippen LogP contribution in [0.2, 0.25) is 0 Å². The SMILES string of the molecule is CS(=O)(=O)N1CCC(C(=O)N2C[C@@H]3C[C@@H](C2)c2cccc(=O)n2C3)CC1. The molecule has 4 heterocycles. The van der Waals surface area contributed by atoms with E-state index in [1.165, 1.54) is 10.6 Å². The van der Waals surface area contributed by atoms with Crippen molar-refractivity contribution < 1.29 is 13.2 Å². The number of likely N-dealkylation sites (tertiary alicyclic amines) is 1. The van der Waals surface area contributed by atoms with Crippen LogP contribution in [0.1, 0.15) is 30.9 Å². The Morgan fingerprint density at radius 3 is 2.54 bits per heavy atom. The van der Waals surface area contributed by atoms with Gasteiger partial charge in [-0.15, -0.1) is 0 Å². The first kappa shape index (κ1) is 17.7. The molecule has 0 saturated carbocycles. The number of sulfonamides is 1. The molecule has 0 unspecified atom stereocenters.